The van der Waals surface area contributed by atoms with Gasteiger partial charge in [0.15, 0.2) is 0 Å². The molecule has 0 heterocycles. The fourth-order valence-electron chi connectivity index (χ4n) is 2.28. The van der Waals surface area contributed by atoms with E-state index < -0.39 is 11.9 Å². The second-order valence-electron chi connectivity index (χ2n) is 5.67. The maximum atomic E-state index is 10.6. The van der Waals surface area contributed by atoms with Gasteiger partial charge in [0, 0.05) is 6.42 Å². The monoisotopic (exact) mass is 336 g/mol. The highest BCUT2D eigenvalue weighted by Gasteiger charge is 2.13. The van der Waals surface area contributed by atoms with E-state index in [-0.39, 0.29) is 16.7 Å². The second-order valence-corrected chi connectivity index (χ2v) is 5.67. The van der Waals surface area contributed by atoms with Crippen LogP contribution in [0.1, 0.15) is 84.6 Å². The number of aldehydes is 1. The maximum absolute atomic E-state index is 10.6. The van der Waals surface area contributed by atoms with E-state index in [0.717, 1.165) is 19.1 Å². The third kappa shape index (κ3) is 9.08. The number of aromatic carboxylic acids is 2. The van der Waals surface area contributed by atoms with Crippen molar-refractivity contribution in [3.05, 3.63) is 34.9 Å². The molecule has 0 radical (unpaired) electrons. The molecule has 0 aliphatic carbocycles. The predicted octanol–water partition coefficient (Wildman–Crippen LogP) is 4.72. The molecule has 0 unspecified atom stereocenters. The van der Waals surface area contributed by atoms with Crippen LogP contribution in [0.4, 0.5) is 0 Å². The third-order valence-electron chi connectivity index (χ3n) is 3.72. The standard InChI is InChI=1S/C10H20O.C9H8O4/c1-2-3-4-5-6-7-8-9-10-11;1-5-6(8(10)11)3-2-4-7(5)9(12)13/h10H,2-9H2,1H3;2-4H,1H3,(H,10,11)(H,12,13). The Kier molecular flexibility index (Phi) is 12.1. The summed E-state index contributed by atoms with van der Waals surface area (Å²) in [6, 6.07) is 4.17. The third-order valence-corrected chi connectivity index (χ3v) is 3.72. The van der Waals surface area contributed by atoms with E-state index >= 15 is 0 Å². The Morgan fingerprint density at radius 1 is 0.917 bits per heavy atom. The van der Waals surface area contributed by atoms with Crippen LogP contribution in [0, 0.1) is 6.92 Å². The van der Waals surface area contributed by atoms with Crippen LogP contribution in [0.5, 0.6) is 0 Å². The van der Waals surface area contributed by atoms with Crippen molar-refractivity contribution in [1.82, 2.24) is 0 Å². The SMILES string of the molecule is CCCCCCCCCC=O.Cc1c(C(=O)O)cccc1C(=O)O. The number of rotatable bonds is 10. The van der Waals surface area contributed by atoms with Gasteiger partial charge in [-0.3, -0.25) is 0 Å². The van der Waals surface area contributed by atoms with Gasteiger partial charge in [-0.05, 0) is 31.0 Å². The Morgan fingerprint density at radius 2 is 1.38 bits per heavy atom. The summed E-state index contributed by atoms with van der Waals surface area (Å²) in [6.07, 6.45) is 10.8. The second kappa shape index (κ2) is 13.3. The lowest BCUT2D eigenvalue weighted by Gasteiger charge is -2.03. The number of carbonyl (C=O) groups is 3. The van der Waals surface area contributed by atoms with Gasteiger partial charge in [0.05, 0.1) is 11.1 Å². The van der Waals surface area contributed by atoms with Crippen LogP contribution in [-0.2, 0) is 4.79 Å². The van der Waals surface area contributed by atoms with Gasteiger partial charge in [0.1, 0.15) is 6.29 Å². The van der Waals surface area contributed by atoms with Gasteiger partial charge < -0.3 is 15.0 Å². The number of hydrogen-bond donors (Lipinski definition) is 2. The summed E-state index contributed by atoms with van der Waals surface area (Å²) in [4.78, 5) is 31.1. The largest absolute Gasteiger partial charge is 0.478 e. The number of carboxylic acid groups (broad SMARTS) is 2. The molecule has 5 heteroatoms. The average Bonchev–Trinajstić information content (AvgIpc) is 2.54. The molecule has 2 N–H and O–H groups in total. The fourth-order valence-corrected chi connectivity index (χ4v) is 2.28. The van der Waals surface area contributed by atoms with E-state index in [1.807, 2.05) is 0 Å². The molecule has 1 aromatic carbocycles. The van der Waals surface area contributed by atoms with Crippen LogP contribution in [-0.4, -0.2) is 28.4 Å². The summed E-state index contributed by atoms with van der Waals surface area (Å²) in [5.41, 5.74) is 0.335. The number of carboxylic acids is 2. The first-order valence-corrected chi connectivity index (χ1v) is 8.45. The van der Waals surface area contributed by atoms with E-state index in [1.54, 1.807) is 0 Å². The van der Waals surface area contributed by atoms with Gasteiger partial charge in [0.25, 0.3) is 0 Å². The van der Waals surface area contributed by atoms with Crippen LogP contribution >= 0.6 is 0 Å². The smallest absolute Gasteiger partial charge is 0.335 e. The van der Waals surface area contributed by atoms with Crippen molar-refractivity contribution in [3.63, 3.8) is 0 Å². The number of hydrogen-bond acceptors (Lipinski definition) is 3. The predicted molar refractivity (Wildman–Crippen MR) is 93.8 cm³/mol. The molecule has 0 aliphatic heterocycles. The zero-order chi connectivity index (χ0) is 18.4. The Bertz CT molecular complexity index is 490. The molecule has 0 atom stereocenters. The summed E-state index contributed by atoms with van der Waals surface area (Å²) in [6.45, 7) is 3.71. The topological polar surface area (TPSA) is 91.7 Å². The van der Waals surface area contributed by atoms with E-state index in [2.05, 4.69) is 6.92 Å². The van der Waals surface area contributed by atoms with Crippen LogP contribution in [0.3, 0.4) is 0 Å². The lowest BCUT2D eigenvalue weighted by molar-refractivity contribution is -0.107. The normalized spacial score (nSPS) is 9.75. The van der Waals surface area contributed by atoms with Crippen molar-refractivity contribution in [2.24, 2.45) is 0 Å². The minimum atomic E-state index is -1.11. The van der Waals surface area contributed by atoms with E-state index in [0.29, 0.717) is 0 Å². The molecule has 5 nitrogen and oxygen atoms in total. The first kappa shape index (κ1) is 21.8. The van der Waals surface area contributed by atoms with Crippen molar-refractivity contribution in [1.29, 1.82) is 0 Å². The Balaban J connectivity index is 0.000000449. The highest BCUT2D eigenvalue weighted by molar-refractivity contribution is 5.96. The first-order chi connectivity index (χ1) is 11.5. The molecule has 0 spiro atoms. The number of benzene rings is 1. The minimum absolute atomic E-state index is 0.0277. The Hall–Kier alpha value is -2.17. The highest BCUT2D eigenvalue weighted by Crippen LogP contribution is 2.13. The molecule has 0 bridgehead atoms. The van der Waals surface area contributed by atoms with Gasteiger partial charge in [-0.2, -0.15) is 0 Å². The van der Waals surface area contributed by atoms with Crippen LogP contribution < -0.4 is 0 Å². The van der Waals surface area contributed by atoms with Gasteiger partial charge in [-0.1, -0.05) is 51.5 Å². The van der Waals surface area contributed by atoms with Gasteiger partial charge in [-0.25, -0.2) is 9.59 Å². The van der Waals surface area contributed by atoms with Crippen molar-refractivity contribution in [3.8, 4) is 0 Å². The molecule has 0 fully saturated rings. The lowest BCUT2D eigenvalue weighted by atomic mass is 10.0. The Labute approximate surface area is 143 Å². The van der Waals surface area contributed by atoms with E-state index in [1.165, 1.54) is 63.6 Å². The van der Waals surface area contributed by atoms with Crippen molar-refractivity contribution in [2.75, 3.05) is 0 Å². The molecule has 0 saturated heterocycles. The highest BCUT2D eigenvalue weighted by atomic mass is 16.4. The summed E-state index contributed by atoms with van der Waals surface area (Å²) >= 11 is 0. The molecule has 0 aromatic heterocycles. The minimum Gasteiger partial charge on any atom is -0.478 e. The summed E-state index contributed by atoms with van der Waals surface area (Å²) in [5, 5.41) is 17.4. The first-order valence-electron chi connectivity index (χ1n) is 8.45. The van der Waals surface area contributed by atoms with Gasteiger partial charge in [0.2, 0.25) is 0 Å². The van der Waals surface area contributed by atoms with Gasteiger partial charge >= 0.3 is 11.9 Å². The van der Waals surface area contributed by atoms with E-state index in [9.17, 15) is 14.4 Å². The van der Waals surface area contributed by atoms with Crippen LogP contribution in [0.25, 0.3) is 0 Å². The Morgan fingerprint density at radius 3 is 1.79 bits per heavy atom. The quantitative estimate of drug-likeness (QED) is 0.476. The molecule has 24 heavy (non-hydrogen) atoms. The maximum Gasteiger partial charge on any atom is 0.335 e. The molecule has 0 saturated carbocycles. The van der Waals surface area contributed by atoms with Crippen LogP contribution in [0.15, 0.2) is 18.2 Å². The van der Waals surface area contributed by atoms with Crippen molar-refractivity contribution < 1.29 is 24.6 Å². The summed E-state index contributed by atoms with van der Waals surface area (Å²) in [7, 11) is 0. The summed E-state index contributed by atoms with van der Waals surface area (Å²) < 4.78 is 0. The lowest BCUT2D eigenvalue weighted by Crippen LogP contribution is -2.06. The van der Waals surface area contributed by atoms with Crippen molar-refractivity contribution >= 4 is 18.2 Å². The van der Waals surface area contributed by atoms with E-state index in [4.69, 9.17) is 10.2 Å². The number of unbranched alkanes of at least 4 members (excludes halogenated alkanes) is 7. The molecule has 0 amide bonds. The molecule has 134 valence electrons. The number of carbonyl (C=O) groups excluding carboxylic acids is 1. The average molecular weight is 336 g/mol. The molecular weight excluding hydrogens is 308 g/mol. The molecular formula is C19H28O5. The van der Waals surface area contributed by atoms with Crippen molar-refractivity contribution in [2.45, 2.75) is 65.2 Å². The summed E-state index contributed by atoms with van der Waals surface area (Å²) in [5.74, 6) is -2.22. The van der Waals surface area contributed by atoms with Gasteiger partial charge in [-0.15, -0.1) is 0 Å². The molecule has 1 rings (SSSR count). The zero-order valence-corrected chi connectivity index (χ0v) is 14.6. The molecule has 1 aromatic rings. The van der Waals surface area contributed by atoms with Crippen LogP contribution in [0.2, 0.25) is 0 Å². The zero-order valence-electron chi connectivity index (χ0n) is 14.6. The fraction of sp³-hybridized carbons (Fsp3) is 0.526. The molecule has 0 aliphatic rings.